The maximum Gasteiger partial charge on any atom is 0.317 e. The second kappa shape index (κ2) is 8.95. The van der Waals surface area contributed by atoms with Crippen molar-refractivity contribution in [3.63, 3.8) is 0 Å². The van der Waals surface area contributed by atoms with Crippen LogP contribution in [0.25, 0.3) is 0 Å². The molecule has 1 aliphatic carbocycles. The summed E-state index contributed by atoms with van der Waals surface area (Å²) in [5.74, 6) is -0.800. The molecule has 2 amide bonds. The fourth-order valence-corrected chi connectivity index (χ4v) is 2.65. The van der Waals surface area contributed by atoms with E-state index in [2.05, 4.69) is 15.5 Å². The van der Waals surface area contributed by atoms with Gasteiger partial charge in [-0.05, 0) is 53.4 Å². The largest absolute Gasteiger partial charge is 0.480 e. The molecule has 7 heteroatoms. The topological polar surface area (TPSA) is 84.9 Å². The normalized spacial score (nSPS) is 22.3. The van der Waals surface area contributed by atoms with Crippen LogP contribution in [0.4, 0.5) is 4.79 Å². The molecule has 7 nitrogen and oxygen atoms in total. The lowest BCUT2D eigenvalue weighted by molar-refractivity contribution is -0.139. The van der Waals surface area contributed by atoms with E-state index >= 15 is 0 Å². The number of nitrogens with one attached hydrogen (secondary N) is 2. The number of carboxylic acids is 1. The number of urea groups is 1. The average Bonchev–Trinajstić information content (AvgIpc) is 2.37. The van der Waals surface area contributed by atoms with Crippen LogP contribution in [0.3, 0.4) is 0 Å². The van der Waals surface area contributed by atoms with Crippen molar-refractivity contribution in [3.8, 4) is 0 Å². The van der Waals surface area contributed by atoms with Gasteiger partial charge in [0.1, 0.15) is 0 Å². The summed E-state index contributed by atoms with van der Waals surface area (Å²) in [7, 11) is 4.02. The zero-order valence-electron chi connectivity index (χ0n) is 14.1. The number of aliphatic carboxylic acids is 1. The minimum atomic E-state index is -0.800. The molecule has 22 heavy (non-hydrogen) atoms. The molecule has 1 unspecified atom stereocenters. The summed E-state index contributed by atoms with van der Waals surface area (Å²) in [6.45, 7) is 5.69. The zero-order valence-corrected chi connectivity index (χ0v) is 14.1. The Morgan fingerprint density at radius 1 is 1.32 bits per heavy atom. The Bertz CT molecular complexity index is 370. The molecular formula is C15H30N4O3. The summed E-state index contributed by atoms with van der Waals surface area (Å²) in [5, 5.41) is 14.8. The average molecular weight is 314 g/mol. The van der Waals surface area contributed by atoms with Crippen LogP contribution >= 0.6 is 0 Å². The Morgan fingerprint density at radius 3 is 2.45 bits per heavy atom. The van der Waals surface area contributed by atoms with Crippen molar-refractivity contribution >= 4 is 12.0 Å². The van der Waals surface area contributed by atoms with Crippen LogP contribution in [0, 0.1) is 0 Å². The molecule has 0 aliphatic heterocycles. The molecule has 3 N–H and O–H groups in total. The van der Waals surface area contributed by atoms with Gasteiger partial charge in [-0.1, -0.05) is 6.92 Å². The first kappa shape index (κ1) is 18.7. The van der Waals surface area contributed by atoms with Crippen molar-refractivity contribution in [2.24, 2.45) is 0 Å². The number of amides is 2. The van der Waals surface area contributed by atoms with Crippen molar-refractivity contribution in [2.45, 2.75) is 51.2 Å². The van der Waals surface area contributed by atoms with Crippen molar-refractivity contribution in [1.82, 2.24) is 20.4 Å². The van der Waals surface area contributed by atoms with E-state index in [4.69, 9.17) is 5.11 Å². The minimum Gasteiger partial charge on any atom is -0.480 e. The first-order valence-corrected chi connectivity index (χ1v) is 7.99. The summed E-state index contributed by atoms with van der Waals surface area (Å²) in [5.41, 5.74) is 0. The third-order valence-corrected chi connectivity index (χ3v) is 4.10. The number of carbonyl (C=O) groups excluding carboxylic acids is 1. The van der Waals surface area contributed by atoms with Crippen LogP contribution in [0.15, 0.2) is 0 Å². The third-order valence-electron chi connectivity index (χ3n) is 4.10. The highest BCUT2D eigenvalue weighted by Gasteiger charge is 2.34. The molecule has 0 aromatic heterocycles. The van der Waals surface area contributed by atoms with Crippen molar-refractivity contribution in [3.05, 3.63) is 0 Å². The highest BCUT2D eigenvalue weighted by molar-refractivity contribution is 5.74. The van der Waals surface area contributed by atoms with Crippen LogP contribution < -0.4 is 10.6 Å². The zero-order chi connectivity index (χ0) is 16.7. The van der Waals surface area contributed by atoms with Gasteiger partial charge in [-0.2, -0.15) is 0 Å². The number of carbonyl (C=O) groups is 2. The third kappa shape index (κ3) is 6.62. The number of rotatable bonds is 9. The van der Waals surface area contributed by atoms with Gasteiger partial charge in [0.2, 0.25) is 0 Å². The molecule has 1 atom stereocenters. The predicted octanol–water partition coefficient (Wildman–Crippen LogP) is 0.563. The molecule has 1 saturated carbocycles. The standard InChI is InChI=1S/C15H30N4O3/c1-5-19(10-14(20)21)13-8-12(9-13)17-15(22)16-11(2)6-7-18(3)4/h11-13H,5-10H2,1-4H3,(H,20,21)(H2,16,17,22). The van der Waals surface area contributed by atoms with E-state index in [-0.39, 0.29) is 30.7 Å². The van der Waals surface area contributed by atoms with Gasteiger partial charge in [0.15, 0.2) is 0 Å². The van der Waals surface area contributed by atoms with E-state index in [1.54, 1.807) is 0 Å². The van der Waals surface area contributed by atoms with Crippen molar-refractivity contribution < 1.29 is 14.7 Å². The summed E-state index contributed by atoms with van der Waals surface area (Å²) in [6.07, 6.45) is 2.55. The van der Waals surface area contributed by atoms with Crippen LogP contribution in [0.2, 0.25) is 0 Å². The van der Waals surface area contributed by atoms with Gasteiger partial charge in [-0.25, -0.2) is 4.79 Å². The number of nitrogens with zero attached hydrogens (tertiary/aromatic N) is 2. The number of likely N-dealkylation sites (N-methyl/N-ethyl adjacent to an activating group) is 1. The molecule has 0 aromatic rings. The van der Waals surface area contributed by atoms with Crippen molar-refractivity contribution in [1.29, 1.82) is 0 Å². The fourth-order valence-electron chi connectivity index (χ4n) is 2.65. The predicted molar refractivity (Wildman–Crippen MR) is 86.0 cm³/mol. The lowest BCUT2D eigenvalue weighted by Gasteiger charge is -2.42. The highest BCUT2D eigenvalue weighted by Crippen LogP contribution is 2.25. The Morgan fingerprint density at radius 2 is 1.95 bits per heavy atom. The smallest absolute Gasteiger partial charge is 0.317 e. The Kier molecular flexibility index (Phi) is 7.61. The van der Waals surface area contributed by atoms with E-state index in [0.29, 0.717) is 0 Å². The van der Waals surface area contributed by atoms with E-state index in [1.807, 2.05) is 32.8 Å². The van der Waals surface area contributed by atoms with Crippen LogP contribution in [0.5, 0.6) is 0 Å². The second-order valence-electron chi connectivity index (χ2n) is 6.39. The molecule has 0 saturated heterocycles. The molecule has 0 radical (unpaired) electrons. The number of hydrogen-bond donors (Lipinski definition) is 3. The molecule has 0 spiro atoms. The summed E-state index contributed by atoms with van der Waals surface area (Å²) >= 11 is 0. The van der Waals surface area contributed by atoms with E-state index in [0.717, 1.165) is 32.4 Å². The van der Waals surface area contributed by atoms with Crippen LogP contribution in [-0.2, 0) is 4.79 Å². The molecule has 1 fully saturated rings. The van der Waals surface area contributed by atoms with Gasteiger partial charge >= 0.3 is 12.0 Å². The van der Waals surface area contributed by atoms with Crippen molar-refractivity contribution in [2.75, 3.05) is 33.7 Å². The monoisotopic (exact) mass is 314 g/mol. The molecule has 0 bridgehead atoms. The van der Waals surface area contributed by atoms with Gasteiger partial charge < -0.3 is 20.6 Å². The quantitative estimate of drug-likeness (QED) is 0.579. The molecule has 1 rings (SSSR count). The molecule has 0 aromatic carbocycles. The summed E-state index contributed by atoms with van der Waals surface area (Å²) < 4.78 is 0. The minimum absolute atomic E-state index is 0.0711. The Balaban J connectivity index is 2.21. The number of carboxylic acid groups (broad SMARTS) is 1. The SMILES string of the molecule is CCN(CC(=O)O)C1CC(NC(=O)NC(C)CCN(C)C)C1. The fraction of sp³-hybridized carbons (Fsp3) is 0.867. The second-order valence-corrected chi connectivity index (χ2v) is 6.39. The molecule has 0 heterocycles. The van der Waals surface area contributed by atoms with E-state index in [1.165, 1.54) is 0 Å². The summed E-state index contributed by atoms with van der Waals surface area (Å²) in [4.78, 5) is 26.7. The van der Waals surface area contributed by atoms with Gasteiger partial charge in [-0.3, -0.25) is 9.69 Å². The van der Waals surface area contributed by atoms with E-state index in [9.17, 15) is 9.59 Å². The molecule has 1 aliphatic rings. The maximum absolute atomic E-state index is 11.9. The summed E-state index contributed by atoms with van der Waals surface area (Å²) in [6, 6.07) is 0.417. The lowest BCUT2D eigenvalue weighted by Crippen LogP contribution is -2.57. The number of hydrogen-bond acceptors (Lipinski definition) is 4. The Hall–Kier alpha value is -1.34. The van der Waals surface area contributed by atoms with Gasteiger partial charge in [-0.15, -0.1) is 0 Å². The maximum atomic E-state index is 11.9. The molecule has 128 valence electrons. The van der Waals surface area contributed by atoms with Crippen LogP contribution in [0.1, 0.15) is 33.1 Å². The van der Waals surface area contributed by atoms with Gasteiger partial charge in [0.05, 0.1) is 6.54 Å². The Labute approximate surface area is 133 Å². The highest BCUT2D eigenvalue weighted by atomic mass is 16.4. The van der Waals surface area contributed by atoms with E-state index < -0.39 is 5.97 Å². The van der Waals surface area contributed by atoms with Gasteiger partial charge in [0, 0.05) is 18.1 Å². The lowest BCUT2D eigenvalue weighted by atomic mass is 9.85. The van der Waals surface area contributed by atoms with Crippen LogP contribution in [-0.4, -0.2) is 78.8 Å². The first-order valence-electron chi connectivity index (χ1n) is 7.99. The first-order chi connectivity index (χ1) is 10.3. The van der Waals surface area contributed by atoms with Gasteiger partial charge in [0.25, 0.3) is 0 Å². The molecular weight excluding hydrogens is 284 g/mol.